The Labute approximate surface area is 110 Å². The highest BCUT2D eigenvalue weighted by Crippen LogP contribution is 2.34. The highest BCUT2D eigenvalue weighted by atomic mass is 16.3. The minimum Gasteiger partial charge on any atom is -0.389 e. The molecule has 0 bridgehead atoms. The quantitative estimate of drug-likeness (QED) is 0.794. The van der Waals surface area contributed by atoms with E-state index < -0.39 is 5.60 Å². The molecule has 1 aliphatic carbocycles. The van der Waals surface area contributed by atoms with Crippen LogP contribution in [0.3, 0.4) is 0 Å². The van der Waals surface area contributed by atoms with E-state index in [1.54, 1.807) is 7.05 Å². The van der Waals surface area contributed by atoms with Crippen molar-refractivity contribution in [3.8, 4) is 0 Å². The molecular weight excluding hydrogens is 228 g/mol. The fraction of sp³-hybridized carbons (Fsp3) is 0.929. The van der Waals surface area contributed by atoms with Crippen molar-refractivity contribution in [2.75, 3.05) is 26.7 Å². The van der Waals surface area contributed by atoms with Gasteiger partial charge in [-0.05, 0) is 39.2 Å². The fourth-order valence-corrected chi connectivity index (χ4v) is 3.57. The van der Waals surface area contributed by atoms with Crippen LogP contribution in [0, 0.1) is 5.41 Å². The number of carbonyl (C=O) groups excluding carboxylic acids is 1. The smallest absolute Gasteiger partial charge is 0.226 e. The molecule has 1 amide bonds. The zero-order valence-electron chi connectivity index (χ0n) is 11.7. The lowest BCUT2D eigenvalue weighted by molar-refractivity contribution is -0.133. The monoisotopic (exact) mass is 254 g/mol. The number of rotatable bonds is 3. The van der Waals surface area contributed by atoms with Crippen LogP contribution in [0.15, 0.2) is 0 Å². The van der Waals surface area contributed by atoms with Gasteiger partial charge in [-0.1, -0.05) is 12.8 Å². The molecule has 0 spiro atoms. The summed E-state index contributed by atoms with van der Waals surface area (Å²) in [5.74, 6) is 0.130. The molecule has 0 aromatic rings. The van der Waals surface area contributed by atoms with Crippen molar-refractivity contribution in [1.29, 1.82) is 0 Å². The topological polar surface area (TPSA) is 52.6 Å². The summed E-state index contributed by atoms with van der Waals surface area (Å²) in [4.78, 5) is 14.2. The largest absolute Gasteiger partial charge is 0.389 e. The minimum atomic E-state index is -0.499. The van der Waals surface area contributed by atoms with Gasteiger partial charge in [0.2, 0.25) is 5.91 Å². The normalized spacial score (nSPS) is 32.4. The summed E-state index contributed by atoms with van der Waals surface area (Å²) in [6.07, 6.45) is 6.09. The Bertz CT molecular complexity index is 313. The maximum absolute atomic E-state index is 12.0. The summed E-state index contributed by atoms with van der Waals surface area (Å²) in [5, 5.41) is 13.2. The van der Waals surface area contributed by atoms with Gasteiger partial charge in [0.25, 0.3) is 0 Å². The number of aliphatic hydroxyl groups is 1. The van der Waals surface area contributed by atoms with E-state index in [2.05, 4.69) is 10.2 Å². The van der Waals surface area contributed by atoms with Gasteiger partial charge in [-0.3, -0.25) is 9.69 Å². The van der Waals surface area contributed by atoms with E-state index in [-0.39, 0.29) is 11.3 Å². The number of likely N-dealkylation sites (tertiary alicyclic amines) is 1. The van der Waals surface area contributed by atoms with Crippen LogP contribution in [0.1, 0.15) is 45.4 Å². The Morgan fingerprint density at radius 2 is 1.94 bits per heavy atom. The number of nitrogens with one attached hydrogen (secondary N) is 1. The van der Waals surface area contributed by atoms with Crippen LogP contribution in [0.5, 0.6) is 0 Å². The average molecular weight is 254 g/mol. The Morgan fingerprint density at radius 3 is 2.56 bits per heavy atom. The second-order valence-corrected chi connectivity index (χ2v) is 6.39. The van der Waals surface area contributed by atoms with Gasteiger partial charge in [0.15, 0.2) is 0 Å². The van der Waals surface area contributed by atoms with Crippen molar-refractivity contribution in [3.63, 3.8) is 0 Å². The molecule has 2 N–H and O–H groups in total. The second kappa shape index (κ2) is 5.17. The summed E-state index contributed by atoms with van der Waals surface area (Å²) in [6, 6.07) is 0. The molecule has 1 aliphatic heterocycles. The van der Waals surface area contributed by atoms with E-state index >= 15 is 0 Å². The van der Waals surface area contributed by atoms with Gasteiger partial charge < -0.3 is 10.4 Å². The molecule has 1 saturated carbocycles. The molecule has 1 unspecified atom stereocenters. The third-order valence-electron chi connectivity index (χ3n) is 4.60. The van der Waals surface area contributed by atoms with Crippen LogP contribution in [0.25, 0.3) is 0 Å². The molecule has 104 valence electrons. The van der Waals surface area contributed by atoms with Crippen molar-refractivity contribution < 1.29 is 9.90 Å². The number of piperidine rings is 1. The van der Waals surface area contributed by atoms with E-state index in [4.69, 9.17) is 0 Å². The summed E-state index contributed by atoms with van der Waals surface area (Å²) in [6.45, 7) is 4.56. The molecule has 0 aromatic heterocycles. The first-order chi connectivity index (χ1) is 8.47. The number of hydrogen-bond donors (Lipinski definition) is 2. The molecule has 1 heterocycles. The number of amides is 1. The SMILES string of the molecule is CNC(=O)C1(C)CCCN(CC2(O)CCCC2)C1. The first-order valence-corrected chi connectivity index (χ1v) is 7.14. The summed E-state index contributed by atoms with van der Waals surface area (Å²) in [5.41, 5.74) is -0.789. The molecule has 0 radical (unpaired) electrons. The summed E-state index contributed by atoms with van der Waals surface area (Å²) in [7, 11) is 1.71. The molecule has 2 aliphatic rings. The zero-order chi connectivity index (χ0) is 13.2. The van der Waals surface area contributed by atoms with Crippen LogP contribution in [-0.2, 0) is 4.79 Å². The lowest BCUT2D eigenvalue weighted by Crippen LogP contribution is -2.53. The van der Waals surface area contributed by atoms with Gasteiger partial charge in [-0.25, -0.2) is 0 Å². The maximum atomic E-state index is 12.0. The van der Waals surface area contributed by atoms with Crippen molar-refractivity contribution in [2.24, 2.45) is 5.41 Å². The molecule has 0 aromatic carbocycles. The van der Waals surface area contributed by atoms with Crippen LogP contribution in [0.4, 0.5) is 0 Å². The van der Waals surface area contributed by atoms with Crippen LogP contribution < -0.4 is 5.32 Å². The average Bonchev–Trinajstić information content (AvgIpc) is 2.74. The van der Waals surface area contributed by atoms with Gasteiger partial charge >= 0.3 is 0 Å². The van der Waals surface area contributed by atoms with E-state index in [9.17, 15) is 9.90 Å². The predicted octanol–water partition coefficient (Wildman–Crippen LogP) is 1.14. The molecule has 2 fully saturated rings. The summed E-state index contributed by atoms with van der Waals surface area (Å²) >= 11 is 0. The lowest BCUT2D eigenvalue weighted by Gasteiger charge is -2.41. The number of carbonyl (C=O) groups is 1. The van der Waals surface area contributed by atoms with Crippen molar-refractivity contribution in [1.82, 2.24) is 10.2 Å². The molecule has 1 saturated heterocycles. The zero-order valence-corrected chi connectivity index (χ0v) is 11.7. The Balaban J connectivity index is 1.96. The van der Waals surface area contributed by atoms with Crippen molar-refractivity contribution in [2.45, 2.75) is 51.0 Å². The number of β-amino-alcohol motifs (C(OH)–C–C–N with tert-alkyl or cyclic N) is 1. The van der Waals surface area contributed by atoms with Gasteiger partial charge in [0.05, 0.1) is 11.0 Å². The Morgan fingerprint density at radius 1 is 1.28 bits per heavy atom. The third-order valence-corrected chi connectivity index (χ3v) is 4.60. The van der Waals surface area contributed by atoms with Gasteiger partial charge in [0, 0.05) is 20.1 Å². The minimum absolute atomic E-state index is 0.130. The molecule has 18 heavy (non-hydrogen) atoms. The number of nitrogens with zero attached hydrogens (tertiary/aromatic N) is 1. The van der Waals surface area contributed by atoms with Gasteiger partial charge in [-0.2, -0.15) is 0 Å². The number of hydrogen-bond acceptors (Lipinski definition) is 3. The van der Waals surface area contributed by atoms with E-state index in [0.717, 1.165) is 58.2 Å². The van der Waals surface area contributed by atoms with Crippen LogP contribution in [-0.4, -0.2) is 48.2 Å². The first-order valence-electron chi connectivity index (χ1n) is 7.14. The van der Waals surface area contributed by atoms with Gasteiger partial charge in [0.1, 0.15) is 0 Å². The Hall–Kier alpha value is -0.610. The predicted molar refractivity (Wildman–Crippen MR) is 71.3 cm³/mol. The molecule has 1 atom stereocenters. The van der Waals surface area contributed by atoms with Crippen LogP contribution in [0.2, 0.25) is 0 Å². The fourth-order valence-electron chi connectivity index (χ4n) is 3.57. The molecular formula is C14H26N2O2. The molecule has 4 heteroatoms. The third kappa shape index (κ3) is 2.86. The van der Waals surface area contributed by atoms with Crippen molar-refractivity contribution >= 4 is 5.91 Å². The summed E-state index contributed by atoms with van der Waals surface area (Å²) < 4.78 is 0. The molecule has 2 rings (SSSR count). The highest BCUT2D eigenvalue weighted by Gasteiger charge is 2.40. The second-order valence-electron chi connectivity index (χ2n) is 6.39. The van der Waals surface area contributed by atoms with E-state index in [0.29, 0.717) is 0 Å². The van der Waals surface area contributed by atoms with Crippen LogP contribution >= 0.6 is 0 Å². The van der Waals surface area contributed by atoms with E-state index in [1.165, 1.54) is 0 Å². The van der Waals surface area contributed by atoms with E-state index in [1.807, 2.05) is 6.92 Å². The van der Waals surface area contributed by atoms with Gasteiger partial charge in [-0.15, -0.1) is 0 Å². The first kappa shape index (κ1) is 13.8. The lowest BCUT2D eigenvalue weighted by atomic mass is 9.80. The Kier molecular flexibility index (Phi) is 3.97. The highest BCUT2D eigenvalue weighted by molar-refractivity contribution is 5.82. The standard InChI is InChI=1S/C14H26N2O2/c1-13(12(17)15-2)6-5-9-16(10-13)11-14(18)7-3-4-8-14/h18H,3-11H2,1-2H3,(H,15,17). The van der Waals surface area contributed by atoms with Crippen molar-refractivity contribution in [3.05, 3.63) is 0 Å². The molecule has 4 nitrogen and oxygen atoms in total. The maximum Gasteiger partial charge on any atom is 0.226 e.